The highest BCUT2D eigenvalue weighted by atomic mass is 35.5. The molecule has 1 unspecified atom stereocenters. The molecule has 3 nitrogen and oxygen atoms in total. The van der Waals surface area contributed by atoms with Crippen molar-refractivity contribution in [1.82, 2.24) is 0 Å². The van der Waals surface area contributed by atoms with Gasteiger partial charge in [-0.2, -0.15) is 0 Å². The summed E-state index contributed by atoms with van der Waals surface area (Å²) in [6.45, 7) is 5.96. The second-order valence-corrected chi connectivity index (χ2v) is 6.91. The molecule has 4 N–H and O–H groups in total. The predicted molar refractivity (Wildman–Crippen MR) is 73.2 cm³/mol. The van der Waals surface area contributed by atoms with Crippen molar-refractivity contribution in [2.75, 3.05) is 0 Å². The van der Waals surface area contributed by atoms with Crippen molar-refractivity contribution in [3.05, 3.63) is 20.8 Å². The third-order valence-corrected chi connectivity index (χ3v) is 4.35. The molecule has 0 aliphatic carbocycles. The van der Waals surface area contributed by atoms with E-state index in [4.69, 9.17) is 23.1 Å². The molecule has 0 aromatic carbocycles. The van der Waals surface area contributed by atoms with E-state index in [1.807, 2.05) is 26.8 Å². The number of aryl methyl sites for hydroxylation is 1. The molecule has 0 spiro atoms. The van der Waals surface area contributed by atoms with Gasteiger partial charge in [0.2, 0.25) is 5.91 Å². The Morgan fingerprint density at radius 1 is 1.59 bits per heavy atom. The minimum Gasteiger partial charge on any atom is -0.370 e. The van der Waals surface area contributed by atoms with Crippen LogP contribution in [0.3, 0.4) is 0 Å². The first-order valence-electron chi connectivity index (χ1n) is 5.51. The minimum absolute atomic E-state index is 0.0967. The van der Waals surface area contributed by atoms with Crippen molar-refractivity contribution in [2.24, 2.45) is 16.9 Å². The molecule has 1 atom stereocenters. The summed E-state index contributed by atoms with van der Waals surface area (Å²) in [5.41, 5.74) is 12.2. The van der Waals surface area contributed by atoms with E-state index in [2.05, 4.69) is 0 Å². The average molecular weight is 275 g/mol. The van der Waals surface area contributed by atoms with Crippen LogP contribution < -0.4 is 11.5 Å². The molecule has 0 saturated heterocycles. The number of amides is 1. The number of hydrogen-bond donors (Lipinski definition) is 2. The van der Waals surface area contributed by atoms with Crippen LogP contribution in [0.1, 0.15) is 43.2 Å². The van der Waals surface area contributed by atoms with Crippen LogP contribution in [0, 0.1) is 12.3 Å². The maximum atomic E-state index is 11.0. The number of nitrogens with two attached hydrogens (primary N) is 2. The topological polar surface area (TPSA) is 69.1 Å². The van der Waals surface area contributed by atoms with Crippen LogP contribution in [0.25, 0.3) is 0 Å². The molecule has 17 heavy (non-hydrogen) atoms. The predicted octanol–water partition coefficient (Wildman–Crippen LogP) is 3.00. The number of primary amides is 1. The van der Waals surface area contributed by atoms with Crippen molar-refractivity contribution in [3.8, 4) is 0 Å². The molecule has 0 bridgehead atoms. The number of halogens is 1. The number of carbonyl (C=O) groups is 1. The Morgan fingerprint density at radius 2 is 2.18 bits per heavy atom. The minimum atomic E-state index is -0.289. The number of thiophene rings is 1. The smallest absolute Gasteiger partial charge is 0.217 e. The van der Waals surface area contributed by atoms with Crippen molar-refractivity contribution in [3.63, 3.8) is 0 Å². The first-order valence-corrected chi connectivity index (χ1v) is 6.70. The van der Waals surface area contributed by atoms with Crippen LogP contribution >= 0.6 is 22.9 Å². The second-order valence-electron chi connectivity index (χ2n) is 5.22. The maximum Gasteiger partial charge on any atom is 0.217 e. The molecule has 1 heterocycles. The molecule has 0 radical (unpaired) electrons. The molecule has 0 fully saturated rings. The van der Waals surface area contributed by atoms with E-state index in [0.29, 0.717) is 12.8 Å². The summed E-state index contributed by atoms with van der Waals surface area (Å²) in [7, 11) is 0. The summed E-state index contributed by atoms with van der Waals surface area (Å²) >= 11 is 7.52. The van der Waals surface area contributed by atoms with Crippen LogP contribution in [0.5, 0.6) is 0 Å². The Labute approximate surface area is 111 Å². The van der Waals surface area contributed by atoms with Gasteiger partial charge in [0.15, 0.2) is 0 Å². The van der Waals surface area contributed by atoms with Gasteiger partial charge in [-0.15, -0.1) is 11.3 Å². The zero-order valence-corrected chi connectivity index (χ0v) is 12.0. The summed E-state index contributed by atoms with van der Waals surface area (Å²) in [6, 6.07) is 1.92. The lowest BCUT2D eigenvalue weighted by Crippen LogP contribution is -2.26. The van der Waals surface area contributed by atoms with Gasteiger partial charge < -0.3 is 11.5 Å². The van der Waals surface area contributed by atoms with Crippen LogP contribution in [-0.4, -0.2) is 5.91 Å². The van der Waals surface area contributed by atoms with Gasteiger partial charge in [-0.1, -0.05) is 25.4 Å². The summed E-state index contributed by atoms with van der Waals surface area (Å²) < 4.78 is 0.781. The largest absolute Gasteiger partial charge is 0.370 e. The zero-order valence-electron chi connectivity index (χ0n) is 10.4. The van der Waals surface area contributed by atoms with Crippen LogP contribution in [0.4, 0.5) is 0 Å². The third-order valence-electron chi connectivity index (χ3n) is 2.67. The average Bonchev–Trinajstić information content (AvgIpc) is 2.43. The van der Waals surface area contributed by atoms with Gasteiger partial charge in [-0.3, -0.25) is 4.79 Å². The Kier molecular flexibility index (Phi) is 4.58. The van der Waals surface area contributed by atoms with Gasteiger partial charge in [-0.05, 0) is 30.4 Å². The van der Waals surface area contributed by atoms with E-state index in [0.717, 1.165) is 14.8 Å². The summed E-state index contributed by atoms with van der Waals surface area (Å²) in [5.74, 6) is -0.289. The monoisotopic (exact) mass is 274 g/mol. The lowest BCUT2D eigenvalue weighted by atomic mass is 9.82. The summed E-state index contributed by atoms with van der Waals surface area (Å²) in [6.07, 6.45) is 1.06. The van der Waals surface area contributed by atoms with Gasteiger partial charge in [-0.25, -0.2) is 0 Å². The summed E-state index contributed by atoms with van der Waals surface area (Å²) in [4.78, 5) is 12.0. The fourth-order valence-electron chi connectivity index (χ4n) is 1.91. The van der Waals surface area contributed by atoms with Gasteiger partial charge >= 0.3 is 0 Å². The first-order chi connectivity index (χ1) is 7.71. The van der Waals surface area contributed by atoms with Gasteiger partial charge in [0.1, 0.15) is 0 Å². The molecule has 96 valence electrons. The highest BCUT2D eigenvalue weighted by Crippen LogP contribution is 2.36. The fraction of sp³-hybridized carbons (Fsp3) is 0.583. The molecule has 5 heteroatoms. The van der Waals surface area contributed by atoms with E-state index in [1.54, 1.807) is 0 Å². The van der Waals surface area contributed by atoms with Gasteiger partial charge in [0, 0.05) is 17.3 Å². The molecule has 0 aliphatic rings. The lowest BCUT2D eigenvalue weighted by Gasteiger charge is -2.26. The third kappa shape index (κ3) is 4.30. The molecule has 1 rings (SSSR count). The van der Waals surface area contributed by atoms with E-state index < -0.39 is 0 Å². The Balaban J connectivity index is 2.71. The van der Waals surface area contributed by atoms with Crippen LogP contribution in [0.2, 0.25) is 4.34 Å². The fourth-order valence-corrected chi connectivity index (χ4v) is 3.13. The Hall–Kier alpha value is -0.580. The lowest BCUT2D eigenvalue weighted by molar-refractivity contribution is -0.120. The number of rotatable bonds is 5. The standard InChI is InChI=1S/C12H19ClN2OS/c1-7-4-9(17-11(7)13)8(14)5-12(2,3)6-10(15)16/h4,8H,5-6,14H2,1-3H3,(H2,15,16). The molecule has 1 amide bonds. The maximum absolute atomic E-state index is 11.0. The zero-order chi connectivity index (χ0) is 13.2. The summed E-state index contributed by atoms with van der Waals surface area (Å²) in [5, 5.41) is 0. The highest BCUT2D eigenvalue weighted by molar-refractivity contribution is 7.16. The normalized spacial score (nSPS) is 13.7. The van der Waals surface area contributed by atoms with E-state index >= 15 is 0 Å². The van der Waals surface area contributed by atoms with Crippen molar-refractivity contribution < 1.29 is 4.79 Å². The van der Waals surface area contributed by atoms with E-state index in [9.17, 15) is 4.79 Å². The quantitative estimate of drug-likeness (QED) is 0.867. The number of carbonyl (C=O) groups excluding carboxylic acids is 1. The van der Waals surface area contributed by atoms with Crippen molar-refractivity contribution in [1.29, 1.82) is 0 Å². The van der Waals surface area contributed by atoms with Crippen molar-refractivity contribution in [2.45, 2.75) is 39.7 Å². The van der Waals surface area contributed by atoms with Gasteiger partial charge in [0.05, 0.1) is 4.34 Å². The first kappa shape index (κ1) is 14.5. The van der Waals surface area contributed by atoms with Crippen LogP contribution in [0.15, 0.2) is 6.07 Å². The Bertz CT molecular complexity index is 395. The molecule has 1 aromatic heterocycles. The van der Waals surface area contributed by atoms with Crippen LogP contribution in [-0.2, 0) is 4.79 Å². The SMILES string of the molecule is Cc1cc(C(N)CC(C)(C)CC(N)=O)sc1Cl. The molecule has 0 aliphatic heterocycles. The Morgan fingerprint density at radius 3 is 2.59 bits per heavy atom. The molecule has 0 saturated carbocycles. The highest BCUT2D eigenvalue weighted by Gasteiger charge is 2.25. The second kappa shape index (κ2) is 5.38. The molecule has 1 aromatic rings. The van der Waals surface area contributed by atoms with Crippen molar-refractivity contribution >= 4 is 28.8 Å². The van der Waals surface area contributed by atoms with E-state index in [1.165, 1.54) is 11.3 Å². The van der Waals surface area contributed by atoms with E-state index in [-0.39, 0.29) is 17.4 Å². The molecular weight excluding hydrogens is 256 g/mol. The van der Waals surface area contributed by atoms with Gasteiger partial charge in [0.25, 0.3) is 0 Å². The number of hydrogen-bond acceptors (Lipinski definition) is 3. The molecular formula is C12H19ClN2OS.